The van der Waals surface area contributed by atoms with E-state index in [0.29, 0.717) is 23.3 Å². The first-order valence-electron chi connectivity index (χ1n) is 6.71. The van der Waals surface area contributed by atoms with Crippen LogP contribution in [0.4, 0.5) is 17.8 Å². The van der Waals surface area contributed by atoms with Crippen molar-refractivity contribution in [1.29, 1.82) is 0 Å². The van der Waals surface area contributed by atoms with Crippen LogP contribution in [-0.4, -0.2) is 49.3 Å². The fourth-order valence-electron chi connectivity index (χ4n) is 1.99. The number of hydrogen-bond donors (Lipinski definition) is 3. The highest BCUT2D eigenvalue weighted by Crippen LogP contribution is 2.48. The molecule has 0 aromatic carbocycles. The molecule has 0 unspecified atom stereocenters. The Morgan fingerprint density at radius 3 is 2.50 bits per heavy atom. The Bertz CT molecular complexity index is 447. The van der Waals surface area contributed by atoms with E-state index >= 15 is 0 Å². The molecule has 1 saturated carbocycles. The third-order valence-corrected chi connectivity index (χ3v) is 3.57. The predicted octanol–water partition coefficient (Wildman–Crippen LogP) is 0.452. The number of nitrogens with one attached hydrogen (secondary N) is 2. The van der Waals surface area contributed by atoms with Gasteiger partial charge in [-0.3, -0.25) is 5.43 Å². The van der Waals surface area contributed by atoms with Crippen LogP contribution in [0, 0.1) is 5.41 Å². The van der Waals surface area contributed by atoms with Crippen molar-refractivity contribution in [3.05, 3.63) is 0 Å². The molecule has 8 heteroatoms. The Kier molecular flexibility index (Phi) is 4.56. The molecule has 1 heterocycles. The van der Waals surface area contributed by atoms with Crippen LogP contribution in [0.2, 0.25) is 0 Å². The summed E-state index contributed by atoms with van der Waals surface area (Å²) in [6.45, 7) is 1.63. The Labute approximate surface area is 119 Å². The van der Waals surface area contributed by atoms with Crippen LogP contribution in [0.15, 0.2) is 0 Å². The van der Waals surface area contributed by atoms with Gasteiger partial charge in [0.25, 0.3) is 0 Å². The van der Waals surface area contributed by atoms with Crippen LogP contribution in [0.3, 0.4) is 0 Å². The predicted molar refractivity (Wildman–Crippen MR) is 78.6 cm³/mol. The van der Waals surface area contributed by atoms with E-state index in [0.717, 1.165) is 19.6 Å². The number of anilines is 3. The van der Waals surface area contributed by atoms with Crippen molar-refractivity contribution >= 4 is 17.8 Å². The summed E-state index contributed by atoms with van der Waals surface area (Å²) in [5.41, 5.74) is 2.79. The van der Waals surface area contributed by atoms with Gasteiger partial charge in [-0.15, -0.1) is 0 Å². The number of ether oxygens (including phenoxy) is 1. The number of hydrogen-bond acceptors (Lipinski definition) is 8. The van der Waals surface area contributed by atoms with Crippen molar-refractivity contribution < 1.29 is 4.74 Å². The minimum Gasteiger partial charge on any atom is -0.385 e. The second kappa shape index (κ2) is 6.19. The largest absolute Gasteiger partial charge is 0.385 e. The second-order valence-electron chi connectivity index (χ2n) is 5.42. The lowest BCUT2D eigenvalue weighted by atomic mass is 10.0. The molecule has 0 radical (unpaired) electrons. The number of methoxy groups -OCH3 is 1. The molecule has 0 atom stereocenters. The molecule has 0 bridgehead atoms. The van der Waals surface area contributed by atoms with Crippen molar-refractivity contribution in [2.24, 2.45) is 11.3 Å². The van der Waals surface area contributed by atoms with Crippen LogP contribution in [0.1, 0.15) is 19.3 Å². The number of nitrogens with zero attached hydrogens (tertiary/aromatic N) is 4. The van der Waals surface area contributed by atoms with Gasteiger partial charge < -0.3 is 15.0 Å². The van der Waals surface area contributed by atoms with E-state index in [1.54, 1.807) is 7.11 Å². The first kappa shape index (κ1) is 14.7. The van der Waals surface area contributed by atoms with E-state index < -0.39 is 0 Å². The number of nitrogen functional groups attached to an aromatic ring is 1. The van der Waals surface area contributed by atoms with Crippen molar-refractivity contribution in [3.63, 3.8) is 0 Å². The molecule has 1 aromatic rings. The summed E-state index contributed by atoms with van der Waals surface area (Å²) < 4.78 is 5.15. The number of nitrogens with two attached hydrogens (primary N) is 1. The van der Waals surface area contributed by atoms with E-state index in [4.69, 9.17) is 10.6 Å². The van der Waals surface area contributed by atoms with E-state index in [9.17, 15) is 0 Å². The maximum atomic E-state index is 5.38. The molecule has 0 aliphatic heterocycles. The third kappa shape index (κ3) is 3.67. The molecule has 20 heavy (non-hydrogen) atoms. The molecule has 1 aliphatic carbocycles. The van der Waals surface area contributed by atoms with Gasteiger partial charge in [-0.1, -0.05) is 0 Å². The smallest absolute Gasteiger partial charge is 0.243 e. The Morgan fingerprint density at radius 2 is 1.95 bits per heavy atom. The molecule has 4 N–H and O–H groups in total. The molecule has 2 rings (SSSR count). The molecule has 8 nitrogen and oxygen atoms in total. The van der Waals surface area contributed by atoms with Crippen LogP contribution in [-0.2, 0) is 4.74 Å². The molecular weight excluding hydrogens is 258 g/mol. The minimum absolute atomic E-state index is 0.331. The van der Waals surface area contributed by atoms with Gasteiger partial charge in [0.15, 0.2) is 0 Å². The standard InChI is InChI=1S/C12H23N7O/c1-19(2)11-16-9(15-10(17-11)18-13)14-8-12(4-5-12)6-7-20-3/h4-8,13H2,1-3H3,(H2,14,15,16,17,18). The van der Waals surface area contributed by atoms with E-state index in [-0.39, 0.29) is 0 Å². The first-order chi connectivity index (χ1) is 9.58. The third-order valence-electron chi connectivity index (χ3n) is 3.57. The van der Waals surface area contributed by atoms with Crippen LogP contribution < -0.4 is 21.5 Å². The summed E-state index contributed by atoms with van der Waals surface area (Å²) in [5.74, 6) is 6.85. The summed E-state index contributed by atoms with van der Waals surface area (Å²) in [7, 11) is 5.48. The van der Waals surface area contributed by atoms with E-state index in [1.165, 1.54) is 12.8 Å². The molecule has 0 spiro atoms. The van der Waals surface area contributed by atoms with Crippen LogP contribution in [0.5, 0.6) is 0 Å². The lowest BCUT2D eigenvalue weighted by molar-refractivity contribution is 0.175. The zero-order valence-electron chi connectivity index (χ0n) is 12.3. The van der Waals surface area contributed by atoms with Gasteiger partial charge in [0.2, 0.25) is 17.8 Å². The molecule has 1 aromatic heterocycles. The summed E-state index contributed by atoms with van der Waals surface area (Å²) in [6.07, 6.45) is 3.50. The van der Waals surface area contributed by atoms with Gasteiger partial charge in [-0.05, 0) is 24.7 Å². The van der Waals surface area contributed by atoms with Gasteiger partial charge in [0.05, 0.1) is 0 Å². The highest BCUT2D eigenvalue weighted by atomic mass is 16.5. The van der Waals surface area contributed by atoms with Crippen molar-refractivity contribution in [3.8, 4) is 0 Å². The SMILES string of the molecule is COCCC1(CNc2nc(NN)nc(N(C)C)n2)CC1. The highest BCUT2D eigenvalue weighted by molar-refractivity contribution is 5.42. The zero-order chi connectivity index (χ0) is 14.6. The molecule has 1 fully saturated rings. The number of rotatable bonds is 8. The quantitative estimate of drug-likeness (QED) is 0.466. The summed E-state index contributed by atoms with van der Waals surface area (Å²) in [5, 5.41) is 3.29. The Balaban J connectivity index is 2.00. The van der Waals surface area contributed by atoms with Gasteiger partial charge >= 0.3 is 0 Å². The summed E-state index contributed by atoms with van der Waals surface area (Å²) in [4.78, 5) is 14.6. The Hall–Kier alpha value is -1.67. The normalized spacial score (nSPS) is 15.8. The van der Waals surface area contributed by atoms with E-state index in [1.807, 2.05) is 19.0 Å². The van der Waals surface area contributed by atoms with Crippen LogP contribution >= 0.6 is 0 Å². The molecular formula is C12H23N7O. The minimum atomic E-state index is 0.331. The van der Waals surface area contributed by atoms with Gasteiger partial charge in [-0.2, -0.15) is 15.0 Å². The van der Waals surface area contributed by atoms with Gasteiger partial charge in [-0.25, -0.2) is 5.84 Å². The lowest BCUT2D eigenvalue weighted by Crippen LogP contribution is -2.22. The average molecular weight is 281 g/mol. The summed E-state index contributed by atoms with van der Waals surface area (Å²) in [6, 6.07) is 0. The van der Waals surface area contributed by atoms with Crippen molar-refractivity contribution in [2.75, 3.05) is 50.0 Å². The topological polar surface area (TPSA) is 101 Å². The number of aromatic nitrogens is 3. The fraction of sp³-hybridized carbons (Fsp3) is 0.750. The van der Waals surface area contributed by atoms with Crippen LogP contribution in [0.25, 0.3) is 0 Å². The monoisotopic (exact) mass is 281 g/mol. The molecule has 112 valence electrons. The molecule has 1 aliphatic rings. The average Bonchev–Trinajstić information content (AvgIpc) is 3.23. The molecule has 0 amide bonds. The summed E-state index contributed by atoms with van der Waals surface area (Å²) >= 11 is 0. The van der Waals surface area contributed by atoms with Gasteiger partial charge in [0, 0.05) is 34.4 Å². The lowest BCUT2D eigenvalue weighted by Gasteiger charge is -2.17. The maximum absolute atomic E-state index is 5.38. The zero-order valence-corrected chi connectivity index (χ0v) is 12.3. The van der Waals surface area contributed by atoms with Crippen molar-refractivity contribution in [1.82, 2.24) is 15.0 Å². The van der Waals surface area contributed by atoms with Crippen molar-refractivity contribution in [2.45, 2.75) is 19.3 Å². The second-order valence-corrected chi connectivity index (χ2v) is 5.42. The number of hydrazine groups is 1. The molecule has 0 saturated heterocycles. The highest BCUT2D eigenvalue weighted by Gasteiger charge is 2.41. The Morgan fingerprint density at radius 1 is 1.25 bits per heavy atom. The maximum Gasteiger partial charge on any atom is 0.243 e. The fourth-order valence-corrected chi connectivity index (χ4v) is 1.99. The van der Waals surface area contributed by atoms with Gasteiger partial charge in [0.1, 0.15) is 0 Å². The first-order valence-corrected chi connectivity index (χ1v) is 6.71. The van der Waals surface area contributed by atoms with E-state index in [2.05, 4.69) is 25.7 Å².